The number of amidine groups is 1. The molecule has 1 heterocycles. The van der Waals surface area contributed by atoms with E-state index in [1.807, 2.05) is 0 Å². The minimum atomic E-state index is 0.302. The lowest BCUT2D eigenvalue weighted by Gasteiger charge is -2.13. The Balaban J connectivity index is 2.52. The van der Waals surface area contributed by atoms with E-state index in [-0.39, 0.29) is 0 Å². The summed E-state index contributed by atoms with van der Waals surface area (Å²) in [6.45, 7) is 0.862. The van der Waals surface area contributed by atoms with Crippen molar-refractivity contribution in [3.8, 4) is 0 Å². The Hall–Kier alpha value is -0.860. The third-order valence-electron chi connectivity index (χ3n) is 1.21. The number of hydrogen-bond donors (Lipinski definition) is 3. The molecule has 0 amide bonds. The molecular weight excluding hydrogens is 102 g/mol. The van der Waals surface area contributed by atoms with E-state index in [2.05, 4.69) is 5.32 Å². The highest BCUT2D eigenvalue weighted by atomic mass is 15.0. The van der Waals surface area contributed by atoms with Crippen LogP contribution in [0.25, 0.3) is 0 Å². The summed E-state index contributed by atoms with van der Waals surface area (Å²) in [5.74, 6) is 0.302. The molecule has 1 saturated heterocycles. The highest BCUT2D eigenvalue weighted by molar-refractivity contribution is 6.39. The molecule has 0 saturated carbocycles. The van der Waals surface area contributed by atoms with Crippen molar-refractivity contribution >= 4 is 11.5 Å². The highest BCUT2D eigenvalue weighted by Gasteiger charge is 2.08. The Morgan fingerprint density at radius 1 is 1.38 bits per heavy atom. The van der Waals surface area contributed by atoms with Crippen molar-refractivity contribution in [1.29, 1.82) is 10.8 Å². The maximum atomic E-state index is 7.11. The Morgan fingerprint density at radius 3 is 2.50 bits per heavy atom. The fraction of sp³-hybridized carbons (Fsp3) is 0.600. The summed E-state index contributed by atoms with van der Waals surface area (Å²) >= 11 is 0. The second kappa shape index (κ2) is 1.94. The first-order valence-corrected chi connectivity index (χ1v) is 2.71. The standard InChI is InChI=1S/C5H9N3/c6-4-2-1-3-8-5(4)7/h6H,1-3H2,(H2,7,8). The smallest absolute Gasteiger partial charge is 0.139 e. The molecule has 0 atom stereocenters. The van der Waals surface area contributed by atoms with Crippen LogP contribution < -0.4 is 5.32 Å². The van der Waals surface area contributed by atoms with Gasteiger partial charge in [-0.1, -0.05) is 0 Å². The number of piperidine rings is 1. The van der Waals surface area contributed by atoms with E-state index >= 15 is 0 Å². The van der Waals surface area contributed by atoms with Crippen molar-refractivity contribution in [2.24, 2.45) is 0 Å². The van der Waals surface area contributed by atoms with E-state index in [0.717, 1.165) is 19.4 Å². The van der Waals surface area contributed by atoms with Crippen molar-refractivity contribution in [3.05, 3.63) is 0 Å². The third kappa shape index (κ3) is 0.857. The van der Waals surface area contributed by atoms with Crippen molar-refractivity contribution in [2.45, 2.75) is 12.8 Å². The topological polar surface area (TPSA) is 59.7 Å². The zero-order chi connectivity index (χ0) is 5.98. The fourth-order valence-corrected chi connectivity index (χ4v) is 0.710. The van der Waals surface area contributed by atoms with Crippen LogP contribution in [0, 0.1) is 10.8 Å². The molecule has 44 valence electrons. The van der Waals surface area contributed by atoms with Crippen LogP contribution in [0.1, 0.15) is 12.8 Å². The molecule has 0 aliphatic carbocycles. The van der Waals surface area contributed by atoms with Gasteiger partial charge in [-0.25, -0.2) is 0 Å². The molecule has 0 aromatic carbocycles. The van der Waals surface area contributed by atoms with E-state index in [9.17, 15) is 0 Å². The second-order valence-corrected chi connectivity index (χ2v) is 1.88. The first-order valence-electron chi connectivity index (χ1n) is 2.71. The molecule has 1 aliphatic rings. The molecular formula is C5H9N3. The third-order valence-corrected chi connectivity index (χ3v) is 1.21. The van der Waals surface area contributed by atoms with Gasteiger partial charge in [-0.15, -0.1) is 0 Å². The minimum absolute atomic E-state index is 0.302. The van der Waals surface area contributed by atoms with Crippen molar-refractivity contribution in [3.63, 3.8) is 0 Å². The lowest BCUT2D eigenvalue weighted by Crippen LogP contribution is -2.35. The van der Waals surface area contributed by atoms with E-state index in [4.69, 9.17) is 10.8 Å². The van der Waals surface area contributed by atoms with Crippen LogP contribution in [-0.4, -0.2) is 18.1 Å². The van der Waals surface area contributed by atoms with Gasteiger partial charge in [-0.05, 0) is 12.8 Å². The van der Waals surface area contributed by atoms with Crippen LogP contribution in [0.4, 0.5) is 0 Å². The normalized spacial score (nSPS) is 20.5. The van der Waals surface area contributed by atoms with Crippen LogP contribution in [-0.2, 0) is 0 Å². The molecule has 1 fully saturated rings. The molecule has 0 bridgehead atoms. The summed E-state index contributed by atoms with van der Waals surface area (Å²) in [5.41, 5.74) is 0.441. The van der Waals surface area contributed by atoms with E-state index in [1.54, 1.807) is 0 Å². The van der Waals surface area contributed by atoms with Crippen molar-refractivity contribution < 1.29 is 0 Å². The summed E-state index contributed by atoms with van der Waals surface area (Å²) in [4.78, 5) is 0. The van der Waals surface area contributed by atoms with Gasteiger partial charge in [0.25, 0.3) is 0 Å². The molecule has 3 nitrogen and oxygen atoms in total. The monoisotopic (exact) mass is 111 g/mol. The van der Waals surface area contributed by atoms with Gasteiger partial charge in [-0.3, -0.25) is 5.41 Å². The van der Waals surface area contributed by atoms with Gasteiger partial charge in [0.05, 0.1) is 5.71 Å². The Bertz CT molecular complexity index is 112. The number of rotatable bonds is 0. The van der Waals surface area contributed by atoms with Gasteiger partial charge >= 0.3 is 0 Å². The Kier molecular flexibility index (Phi) is 1.28. The van der Waals surface area contributed by atoms with Crippen molar-refractivity contribution in [2.75, 3.05) is 6.54 Å². The summed E-state index contributed by atoms with van der Waals surface area (Å²) < 4.78 is 0. The highest BCUT2D eigenvalue weighted by Crippen LogP contribution is 1.95. The largest absolute Gasteiger partial charge is 0.369 e. The molecule has 0 aromatic rings. The van der Waals surface area contributed by atoms with Gasteiger partial charge < -0.3 is 10.7 Å². The van der Waals surface area contributed by atoms with E-state index < -0.39 is 0 Å². The minimum Gasteiger partial charge on any atom is -0.369 e. The van der Waals surface area contributed by atoms with Gasteiger partial charge in [0.1, 0.15) is 5.84 Å². The predicted octanol–water partition coefficient (Wildman–Crippen LogP) is 0.367. The molecule has 1 aliphatic heterocycles. The van der Waals surface area contributed by atoms with Crippen LogP contribution in [0.5, 0.6) is 0 Å². The SMILES string of the molecule is N=C1CCCNC1=N. The molecule has 3 heteroatoms. The lowest BCUT2D eigenvalue weighted by molar-refractivity contribution is 0.777. The van der Waals surface area contributed by atoms with Gasteiger partial charge in [0.15, 0.2) is 0 Å². The number of hydrogen-bond acceptors (Lipinski definition) is 2. The first-order chi connectivity index (χ1) is 3.80. The van der Waals surface area contributed by atoms with Gasteiger partial charge in [-0.2, -0.15) is 0 Å². The van der Waals surface area contributed by atoms with Crippen molar-refractivity contribution in [1.82, 2.24) is 5.32 Å². The van der Waals surface area contributed by atoms with E-state index in [0.29, 0.717) is 11.5 Å². The first kappa shape index (κ1) is 5.28. The molecule has 0 unspecified atom stereocenters. The molecule has 3 N–H and O–H groups in total. The van der Waals surface area contributed by atoms with Crippen LogP contribution in [0.15, 0.2) is 0 Å². The maximum absolute atomic E-state index is 7.11. The molecule has 0 spiro atoms. The zero-order valence-electron chi connectivity index (χ0n) is 4.62. The number of nitrogens with one attached hydrogen (secondary N) is 3. The van der Waals surface area contributed by atoms with Crippen LogP contribution in [0.2, 0.25) is 0 Å². The average Bonchev–Trinajstić information content (AvgIpc) is 1.77. The molecule has 8 heavy (non-hydrogen) atoms. The zero-order valence-corrected chi connectivity index (χ0v) is 4.62. The summed E-state index contributed by atoms with van der Waals surface area (Å²) in [6.07, 6.45) is 1.77. The Morgan fingerprint density at radius 2 is 2.12 bits per heavy atom. The summed E-state index contributed by atoms with van der Waals surface area (Å²) in [7, 11) is 0. The summed E-state index contributed by atoms with van der Waals surface area (Å²) in [5, 5.41) is 17.0. The van der Waals surface area contributed by atoms with E-state index in [1.165, 1.54) is 0 Å². The Labute approximate surface area is 48.1 Å². The van der Waals surface area contributed by atoms with Crippen LogP contribution in [0.3, 0.4) is 0 Å². The fourth-order valence-electron chi connectivity index (χ4n) is 0.710. The quantitative estimate of drug-likeness (QED) is 0.415. The lowest BCUT2D eigenvalue weighted by atomic mass is 10.1. The average molecular weight is 111 g/mol. The predicted molar refractivity (Wildman–Crippen MR) is 32.7 cm³/mol. The van der Waals surface area contributed by atoms with Crippen LogP contribution >= 0.6 is 0 Å². The maximum Gasteiger partial charge on any atom is 0.139 e. The van der Waals surface area contributed by atoms with Gasteiger partial charge in [0.2, 0.25) is 0 Å². The molecule has 1 rings (SSSR count). The molecule has 0 radical (unpaired) electrons. The van der Waals surface area contributed by atoms with Gasteiger partial charge in [0, 0.05) is 6.54 Å². The summed E-state index contributed by atoms with van der Waals surface area (Å²) in [6, 6.07) is 0. The molecule has 0 aromatic heterocycles. The second-order valence-electron chi connectivity index (χ2n) is 1.88.